The van der Waals surface area contributed by atoms with Crippen molar-refractivity contribution in [3.8, 4) is 11.7 Å². The van der Waals surface area contributed by atoms with Gasteiger partial charge < -0.3 is 4.74 Å². The summed E-state index contributed by atoms with van der Waals surface area (Å²) in [6, 6.07) is 7.78. The molecular formula is C10H9BBrNO. The lowest BCUT2D eigenvalue weighted by atomic mass is 9.35. The first-order valence-electron chi connectivity index (χ1n) is 4.60. The van der Waals surface area contributed by atoms with E-state index in [1.54, 1.807) is 0 Å². The molecule has 2 nitrogen and oxygen atoms in total. The van der Waals surface area contributed by atoms with Gasteiger partial charge in [-0.15, -0.1) is 0 Å². The molecule has 4 heteroatoms. The Hall–Kier alpha value is -0.945. The molecule has 1 saturated heterocycles. The van der Waals surface area contributed by atoms with Crippen molar-refractivity contribution in [3.63, 3.8) is 0 Å². The van der Waals surface area contributed by atoms with Crippen LogP contribution in [0.1, 0.15) is 0 Å². The van der Waals surface area contributed by atoms with Crippen LogP contribution in [0.25, 0.3) is 0 Å². The molecule has 0 aliphatic carbocycles. The number of hydrogen-bond acceptors (Lipinski definition) is 2. The fraction of sp³-hybridized carbons (Fsp3) is 0.300. The normalized spacial score (nSPS) is 15.9. The first-order valence-corrected chi connectivity index (χ1v) is 5.39. The fourth-order valence-corrected chi connectivity index (χ4v) is 1.74. The zero-order chi connectivity index (χ0) is 9.97. The molecule has 1 aliphatic rings. The van der Waals surface area contributed by atoms with Crippen LogP contribution in [0.4, 0.5) is 0 Å². The Morgan fingerprint density at radius 2 is 2.00 bits per heavy atom. The van der Waals surface area contributed by atoms with Gasteiger partial charge in [0.25, 0.3) is 6.71 Å². The molecule has 1 aliphatic heterocycles. The van der Waals surface area contributed by atoms with Crippen molar-refractivity contribution in [2.24, 2.45) is 0 Å². The van der Waals surface area contributed by atoms with Crippen LogP contribution in [0, 0.1) is 11.2 Å². The summed E-state index contributed by atoms with van der Waals surface area (Å²) >= 11 is 3.36. The van der Waals surface area contributed by atoms with Crippen LogP contribution in [-0.2, 0) is 0 Å². The molecule has 0 aromatic heterocycles. The van der Waals surface area contributed by atoms with Crippen molar-refractivity contribution < 1.29 is 4.74 Å². The molecule has 70 valence electrons. The van der Waals surface area contributed by atoms with E-state index in [4.69, 9.17) is 10.00 Å². The Labute approximate surface area is 92.1 Å². The molecule has 1 heterocycles. The largest absolute Gasteiger partial charge is 0.492 e. The van der Waals surface area contributed by atoms with Crippen molar-refractivity contribution in [1.82, 2.24) is 0 Å². The van der Waals surface area contributed by atoms with Crippen LogP contribution in [0.15, 0.2) is 28.7 Å². The Morgan fingerprint density at radius 3 is 2.57 bits per heavy atom. The molecule has 0 spiro atoms. The summed E-state index contributed by atoms with van der Waals surface area (Å²) in [5.74, 6) is 3.12. The predicted octanol–water partition coefficient (Wildman–Crippen LogP) is 2.77. The second-order valence-electron chi connectivity index (χ2n) is 3.49. The number of rotatable bonds is 2. The molecule has 1 aromatic rings. The first kappa shape index (κ1) is 9.60. The first-order chi connectivity index (χ1) is 6.78. The standard InChI is InChI=1S/C10H9BBrNO/c12-8-1-3-9(4-2-8)14-10-5-11(6-10)7-13/h1-4,10H,5-6H2. The van der Waals surface area contributed by atoms with E-state index in [2.05, 4.69) is 21.9 Å². The van der Waals surface area contributed by atoms with Crippen molar-refractivity contribution >= 4 is 22.6 Å². The van der Waals surface area contributed by atoms with Crippen LogP contribution >= 0.6 is 15.9 Å². The third-order valence-corrected chi connectivity index (χ3v) is 2.92. The van der Waals surface area contributed by atoms with Gasteiger partial charge in [-0.2, -0.15) is 0 Å². The zero-order valence-corrected chi connectivity index (χ0v) is 9.20. The topological polar surface area (TPSA) is 33.0 Å². The van der Waals surface area contributed by atoms with Gasteiger partial charge in [-0.1, -0.05) is 15.9 Å². The Morgan fingerprint density at radius 1 is 1.36 bits per heavy atom. The molecule has 0 unspecified atom stereocenters. The highest BCUT2D eigenvalue weighted by molar-refractivity contribution is 9.10. The number of nitrogens with zero attached hydrogens (tertiary/aromatic N) is 1. The van der Waals surface area contributed by atoms with Gasteiger partial charge in [0.1, 0.15) is 5.75 Å². The van der Waals surface area contributed by atoms with Crippen molar-refractivity contribution in [3.05, 3.63) is 28.7 Å². The summed E-state index contributed by atoms with van der Waals surface area (Å²) in [4.78, 5) is 0. The minimum atomic E-state index is 0.204. The van der Waals surface area contributed by atoms with Crippen LogP contribution in [-0.4, -0.2) is 12.8 Å². The highest BCUT2D eigenvalue weighted by atomic mass is 79.9. The van der Waals surface area contributed by atoms with E-state index < -0.39 is 0 Å². The highest BCUT2D eigenvalue weighted by Gasteiger charge is 2.34. The smallest absolute Gasteiger partial charge is 0.275 e. The number of ether oxygens (including phenoxy) is 1. The third kappa shape index (κ3) is 2.10. The monoisotopic (exact) mass is 249 g/mol. The van der Waals surface area contributed by atoms with Crippen LogP contribution in [0.5, 0.6) is 5.75 Å². The van der Waals surface area contributed by atoms with Gasteiger partial charge in [0.2, 0.25) is 0 Å². The van der Waals surface area contributed by atoms with E-state index in [9.17, 15) is 0 Å². The number of nitriles is 1. The maximum absolute atomic E-state index is 8.59. The van der Waals surface area contributed by atoms with Crippen LogP contribution < -0.4 is 4.74 Å². The molecule has 0 amide bonds. The second-order valence-corrected chi connectivity index (χ2v) is 4.41. The summed E-state index contributed by atoms with van der Waals surface area (Å²) < 4.78 is 6.71. The van der Waals surface area contributed by atoms with E-state index in [-0.39, 0.29) is 12.8 Å². The van der Waals surface area contributed by atoms with Crippen LogP contribution in [0.2, 0.25) is 12.6 Å². The average Bonchev–Trinajstić information content (AvgIpc) is 2.13. The quantitative estimate of drug-likeness (QED) is 0.756. The summed E-state index contributed by atoms with van der Waals surface area (Å²) in [5.41, 5.74) is 0. The minimum Gasteiger partial charge on any atom is -0.492 e. The lowest BCUT2D eigenvalue weighted by Gasteiger charge is -2.28. The average molecular weight is 250 g/mol. The molecule has 2 rings (SSSR count). The lowest BCUT2D eigenvalue weighted by molar-refractivity contribution is 0.223. The van der Waals surface area contributed by atoms with E-state index in [1.165, 1.54) is 0 Å². The zero-order valence-electron chi connectivity index (χ0n) is 7.61. The maximum atomic E-state index is 8.59. The van der Waals surface area contributed by atoms with Gasteiger partial charge >= 0.3 is 0 Å². The molecule has 0 saturated carbocycles. The fourth-order valence-electron chi connectivity index (χ4n) is 1.47. The van der Waals surface area contributed by atoms with E-state index >= 15 is 0 Å². The summed E-state index contributed by atoms with van der Waals surface area (Å²) in [5, 5.41) is 8.59. The molecular weight excluding hydrogens is 241 g/mol. The Bertz CT molecular complexity index is 353. The van der Waals surface area contributed by atoms with Crippen molar-refractivity contribution in [2.75, 3.05) is 0 Å². The van der Waals surface area contributed by atoms with E-state index in [1.807, 2.05) is 24.3 Å². The van der Waals surface area contributed by atoms with Gasteiger partial charge in [0, 0.05) is 10.4 Å². The van der Waals surface area contributed by atoms with Gasteiger partial charge in [0.05, 0.1) is 6.10 Å². The Balaban J connectivity index is 1.88. The number of benzene rings is 1. The third-order valence-electron chi connectivity index (χ3n) is 2.39. The van der Waals surface area contributed by atoms with Gasteiger partial charge in [-0.25, -0.2) is 5.26 Å². The summed E-state index contributed by atoms with van der Waals surface area (Å²) in [6.07, 6.45) is 1.97. The minimum absolute atomic E-state index is 0.204. The maximum Gasteiger partial charge on any atom is 0.275 e. The highest BCUT2D eigenvalue weighted by Crippen LogP contribution is 2.27. The lowest BCUT2D eigenvalue weighted by Crippen LogP contribution is -2.38. The molecule has 0 atom stereocenters. The van der Waals surface area contributed by atoms with Crippen molar-refractivity contribution in [1.29, 1.82) is 5.26 Å². The van der Waals surface area contributed by atoms with Gasteiger partial charge in [0.15, 0.2) is 0 Å². The van der Waals surface area contributed by atoms with Gasteiger partial charge in [-0.3, -0.25) is 0 Å². The molecule has 0 N–H and O–H groups in total. The molecule has 14 heavy (non-hydrogen) atoms. The number of hydrogen-bond donors (Lipinski definition) is 0. The second kappa shape index (κ2) is 4.06. The van der Waals surface area contributed by atoms with Gasteiger partial charge in [-0.05, 0) is 36.9 Å². The van der Waals surface area contributed by atoms with Crippen LogP contribution in [0.3, 0.4) is 0 Å². The molecule has 0 bridgehead atoms. The SMILES string of the molecule is N#CB1CC(Oc2ccc(Br)cc2)C1. The van der Waals surface area contributed by atoms with E-state index in [0.717, 1.165) is 22.9 Å². The van der Waals surface area contributed by atoms with Crippen molar-refractivity contribution in [2.45, 2.75) is 18.7 Å². The molecule has 1 fully saturated rings. The Kier molecular flexibility index (Phi) is 2.78. The number of halogens is 1. The predicted molar refractivity (Wildman–Crippen MR) is 59.5 cm³/mol. The summed E-state index contributed by atoms with van der Waals surface area (Å²) in [7, 11) is 0. The molecule has 0 radical (unpaired) electrons. The summed E-state index contributed by atoms with van der Waals surface area (Å²) in [6.45, 7) is 0.204. The molecule has 1 aromatic carbocycles. The van der Waals surface area contributed by atoms with E-state index in [0.29, 0.717) is 0 Å².